The molecule has 1 aromatic carbocycles. The summed E-state index contributed by atoms with van der Waals surface area (Å²) in [6.45, 7) is 0.151. The zero-order valence-corrected chi connectivity index (χ0v) is 8.21. The van der Waals surface area contributed by atoms with Crippen LogP contribution < -0.4 is 0 Å². The fourth-order valence-electron chi connectivity index (χ4n) is 0.913. The van der Waals surface area contributed by atoms with Crippen LogP contribution in [0, 0.1) is 34.0 Å². The van der Waals surface area contributed by atoms with E-state index in [2.05, 4.69) is 5.16 Å². The highest BCUT2D eigenvalue weighted by molar-refractivity contribution is 6.09. The van der Waals surface area contributed by atoms with Crippen molar-refractivity contribution in [2.75, 3.05) is 0 Å². The summed E-state index contributed by atoms with van der Waals surface area (Å²) in [6, 6.07) is 11.9. The molecule has 0 saturated heterocycles. The van der Waals surface area contributed by atoms with Gasteiger partial charge in [0, 0.05) is 0 Å². The molecule has 0 atom stereocenters. The zero-order valence-electron chi connectivity index (χ0n) is 8.21. The van der Waals surface area contributed by atoms with Gasteiger partial charge in [-0.25, -0.2) is 0 Å². The van der Waals surface area contributed by atoms with Gasteiger partial charge in [0.1, 0.15) is 18.7 Å². The lowest BCUT2D eigenvalue weighted by Gasteiger charge is -1.98. The second-order valence-corrected chi connectivity index (χ2v) is 2.75. The number of nitrogens with zero attached hydrogens (tertiary/aromatic N) is 4. The van der Waals surface area contributed by atoms with E-state index in [1.807, 2.05) is 6.07 Å². The minimum atomic E-state index is -0.325. The number of benzene rings is 1. The molecule has 0 bridgehead atoms. The average Bonchev–Trinajstić information content (AvgIpc) is 2.35. The summed E-state index contributed by atoms with van der Waals surface area (Å²) in [4.78, 5) is 4.80. The largest absolute Gasteiger partial charge is 0.389 e. The highest BCUT2D eigenvalue weighted by Gasteiger charge is 1.96. The first-order valence-corrected chi connectivity index (χ1v) is 4.29. The Balaban J connectivity index is 2.57. The van der Waals surface area contributed by atoms with Crippen molar-refractivity contribution in [1.82, 2.24) is 0 Å². The maximum absolute atomic E-state index is 8.57. The Morgan fingerprint density at radius 3 is 2.25 bits per heavy atom. The van der Waals surface area contributed by atoms with Gasteiger partial charge in [-0.15, -0.1) is 0 Å². The Bertz CT molecular complexity index is 495. The maximum atomic E-state index is 8.57. The molecule has 0 fully saturated rings. The van der Waals surface area contributed by atoms with E-state index in [1.165, 1.54) is 0 Å². The summed E-state index contributed by atoms with van der Waals surface area (Å²) in [5.41, 5.74) is 1.04. The summed E-state index contributed by atoms with van der Waals surface area (Å²) in [5, 5.41) is 28.6. The molecule has 1 rings (SSSR count). The summed E-state index contributed by atoms with van der Waals surface area (Å²) in [5.74, 6) is 0. The van der Waals surface area contributed by atoms with Gasteiger partial charge in [0.15, 0.2) is 0 Å². The SMILES string of the molecule is N#CC(C#N)=NOCc1ccc(C#N)cc1. The van der Waals surface area contributed by atoms with Crippen molar-refractivity contribution in [1.29, 1.82) is 15.8 Å². The van der Waals surface area contributed by atoms with Crippen molar-refractivity contribution in [2.24, 2.45) is 5.16 Å². The Kier molecular flexibility index (Phi) is 4.07. The van der Waals surface area contributed by atoms with E-state index in [4.69, 9.17) is 20.6 Å². The van der Waals surface area contributed by atoms with Crippen molar-refractivity contribution in [3.63, 3.8) is 0 Å². The summed E-state index contributed by atoms with van der Waals surface area (Å²) in [7, 11) is 0. The van der Waals surface area contributed by atoms with E-state index in [0.29, 0.717) is 5.56 Å². The first-order valence-electron chi connectivity index (χ1n) is 4.29. The number of hydrogen-bond acceptors (Lipinski definition) is 5. The lowest BCUT2D eigenvalue weighted by atomic mass is 10.2. The molecule has 0 radical (unpaired) electrons. The van der Waals surface area contributed by atoms with Crippen LogP contribution in [0.3, 0.4) is 0 Å². The molecule has 0 amide bonds. The van der Waals surface area contributed by atoms with Crippen LogP contribution in [0.1, 0.15) is 11.1 Å². The number of rotatable bonds is 3. The molecule has 5 heteroatoms. The highest BCUT2D eigenvalue weighted by Crippen LogP contribution is 2.04. The first-order chi connectivity index (χ1) is 7.80. The maximum Gasteiger partial charge on any atom is 0.256 e. The number of nitriles is 3. The minimum Gasteiger partial charge on any atom is -0.389 e. The molecule has 0 heterocycles. The fraction of sp³-hybridized carbons (Fsp3) is 0.0909. The van der Waals surface area contributed by atoms with Gasteiger partial charge < -0.3 is 4.84 Å². The van der Waals surface area contributed by atoms with Gasteiger partial charge in [-0.2, -0.15) is 15.8 Å². The predicted molar refractivity (Wildman–Crippen MR) is 54.6 cm³/mol. The molecule has 0 aliphatic carbocycles. The van der Waals surface area contributed by atoms with Gasteiger partial charge in [0.05, 0.1) is 11.6 Å². The summed E-state index contributed by atoms with van der Waals surface area (Å²) < 4.78 is 0. The van der Waals surface area contributed by atoms with Crippen molar-refractivity contribution >= 4 is 5.71 Å². The van der Waals surface area contributed by atoms with Crippen molar-refractivity contribution in [3.05, 3.63) is 35.4 Å². The molecule has 76 valence electrons. The number of hydrogen-bond donors (Lipinski definition) is 0. The number of oxime groups is 1. The monoisotopic (exact) mass is 210 g/mol. The van der Waals surface area contributed by atoms with Crippen LogP contribution in [0.5, 0.6) is 0 Å². The first kappa shape index (κ1) is 11.2. The van der Waals surface area contributed by atoms with Gasteiger partial charge in [0.2, 0.25) is 0 Å². The molecule has 0 spiro atoms. The van der Waals surface area contributed by atoms with Crippen LogP contribution in [0.2, 0.25) is 0 Å². The lowest BCUT2D eigenvalue weighted by Crippen LogP contribution is -1.92. The second kappa shape index (κ2) is 5.80. The van der Waals surface area contributed by atoms with Crippen LogP contribution in [-0.4, -0.2) is 5.71 Å². The van der Waals surface area contributed by atoms with Crippen molar-refractivity contribution in [3.8, 4) is 18.2 Å². The third kappa shape index (κ3) is 3.14. The van der Waals surface area contributed by atoms with E-state index in [-0.39, 0.29) is 12.3 Å². The van der Waals surface area contributed by atoms with Gasteiger partial charge in [0.25, 0.3) is 5.71 Å². The van der Waals surface area contributed by atoms with Gasteiger partial charge in [-0.05, 0) is 17.7 Å². The molecule has 1 aromatic rings. The van der Waals surface area contributed by atoms with Crippen LogP contribution in [0.25, 0.3) is 0 Å². The van der Waals surface area contributed by atoms with Crippen molar-refractivity contribution in [2.45, 2.75) is 6.61 Å². The third-order valence-electron chi connectivity index (χ3n) is 1.68. The van der Waals surface area contributed by atoms with Gasteiger partial charge in [-0.1, -0.05) is 17.3 Å². The predicted octanol–water partition coefficient (Wildman–Crippen LogP) is 1.48. The summed E-state index contributed by atoms with van der Waals surface area (Å²) in [6.07, 6.45) is 0. The lowest BCUT2D eigenvalue weighted by molar-refractivity contribution is 0.131. The molecule has 0 N–H and O–H groups in total. The quantitative estimate of drug-likeness (QED) is 0.557. The smallest absolute Gasteiger partial charge is 0.256 e. The second-order valence-electron chi connectivity index (χ2n) is 2.75. The third-order valence-corrected chi connectivity index (χ3v) is 1.68. The summed E-state index contributed by atoms with van der Waals surface area (Å²) >= 11 is 0. The molecule has 0 aliphatic heterocycles. The van der Waals surface area contributed by atoms with Gasteiger partial charge >= 0.3 is 0 Å². The Morgan fingerprint density at radius 1 is 1.12 bits per heavy atom. The normalized spacial score (nSPS) is 8.06. The molecule has 0 unspecified atom stereocenters. The zero-order chi connectivity index (χ0) is 11.8. The fourth-order valence-corrected chi connectivity index (χ4v) is 0.913. The molecule has 0 aliphatic rings. The Morgan fingerprint density at radius 2 is 1.75 bits per heavy atom. The molecule has 0 saturated carbocycles. The van der Waals surface area contributed by atoms with Crippen LogP contribution in [0.15, 0.2) is 29.4 Å². The Labute approximate surface area is 92.4 Å². The molecule has 0 aromatic heterocycles. The average molecular weight is 210 g/mol. The molecule has 5 nitrogen and oxygen atoms in total. The van der Waals surface area contributed by atoms with E-state index in [0.717, 1.165) is 5.56 Å². The topological polar surface area (TPSA) is 93.0 Å². The van der Waals surface area contributed by atoms with E-state index >= 15 is 0 Å². The van der Waals surface area contributed by atoms with Crippen LogP contribution in [0.4, 0.5) is 0 Å². The van der Waals surface area contributed by atoms with E-state index in [9.17, 15) is 0 Å². The molecular weight excluding hydrogens is 204 g/mol. The van der Waals surface area contributed by atoms with Crippen LogP contribution in [-0.2, 0) is 11.4 Å². The highest BCUT2D eigenvalue weighted by atomic mass is 16.6. The Hall–Kier alpha value is -2.84. The minimum absolute atomic E-state index is 0.151. The molecular formula is C11H6N4O. The molecule has 16 heavy (non-hydrogen) atoms. The van der Waals surface area contributed by atoms with E-state index in [1.54, 1.807) is 36.4 Å². The van der Waals surface area contributed by atoms with E-state index < -0.39 is 0 Å². The van der Waals surface area contributed by atoms with Crippen molar-refractivity contribution < 1.29 is 4.84 Å². The standard InChI is InChI=1S/C11H6N4O/c12-5-9-1-3-10(4-2-9)8-16-15-11(6-13)7-14/h1-4H,8H2. The van der Waals surface area contributed by atoms with Crippen LogP contribution >= 0.6 is 0 Å². The van der Waals surface area contributed by atoms with Gasteiger partial charge in [-0.3, -0.25) is 0 Å².